The molecule has 1 unspecified atom stereocenters. The molecule has 1 N–H and O–H groups in total. The Morgan fingerprint density at radius 2 is 1.83 bits per heavy atom. The van der Waals surface area contributed by atoms with Crippen molar-refractivity contribution in [3.63, 3.8) is 0 Å². The molecule has 0 aliphatic heterocycles. The Labute approximate surface area is 175 Å². The van der Waals surface area contributed by atoms with Crippen molar-refractivity contribution in [1.82, 2.24) is 0 Å². The largest absolute Gasteiger partial charge is 0.493 e. The Kier molecular flexibility index (Phi) is 10.7. The van der Waals surface area contributed by atoms with Gasteiger partial charge in [0.15, 0.2) is 0 Å². The summed E-state index contributed by atoms with van der Waals surface area (Å²) in [4.78, 5) is 25.4. The maximum Gasteiger partial charge on any atom is 0.341 e. The van der Waals surface area contributed by atoms with Crippen LogP contribution in [0.2, 0.25) is 0 Å². The molecule has 0 saturated heterocycles. The molecule has 6 heteroatoms. The molecule has 0 aliphatic rings. The van der Waals surface area contributed by atoms with Crippen LogP contribution in [0.4, 0.5) is 5.69 Å². The number of rotatable bonds is 13. The zero-order chi connectivity index (χ0) is 21.9. The second-order valence-corrected chi connectivity index (χ2v) is 7.76. The first-order chi connectivity index (χ1) is 13.8. The quantitative estimate of drug-likeness (QED) is 0.359. The molecule has 0 bridgehead atoms. The molecule has 6 nitrogen and oxygen atoms in total. The summed E-state index contributed by atoms with van der Waals surface area (Å²) < 4.78 is 16.8. The van der Waals surface area contributed by atoms with Crippen molar-refractivity contribution in [3.05, 3.63) is 23.8 Å². The molecule has 1 aromatic carbocycles. The molecule has 164 valence electrons. The van der Waals surface area contributed by atoms with Crippen LogP contribution >= 0.6 is 0 Å². The van der Waals surface area contributed by atoms with Gasteiger partial charge < -0.3 is 19.5 Å². The van der Waals surface area contributed by atoms with Crippen LogP contribution in [0.15, 0.2) is 18.2 Å². The predicted molar refractivity (Wildman–Crippen MR) is 116 cm³/mol. The van der Waals surface area contributed by atoms with E-state index in [4.69, 9.17) is 14.2 Å². The molecular formula is C23H37NO5. The number of hydrogen-bond acceptors (Lipinski definition) is 5. The molecule has 0 aromatic heterocycles. The highest BCUT2D eigenvalue weighted by atomic mass is 16.5. The van der Waals surface area contributed by atoms with E-state index in [1.807, 2.05) is 13.8 Å². The SMILES string of the molecule is CCCCOc1ccc(NC(=O)C(C)(CC(C)C)OCCC)cc1C(=O)OCC. The maximum absolute atomic E-state index is 13.0. The van der Waals surface area contributed by atoms with Crippen molar-refractivity contribution >= 4 is 17.6 Å². The zero-order valence-electron chi connectivity index (χ0n) is 18.8. The molecule has 1 atom stereocenters. The number of unbranched alkanes of at least 4 members (excludes halogenated alkanes) is 1. The second-order valence-electron chi connectivity index (χ2n) is 7.76. The van der Waals surface area contributed by atoms with E-state index >= 15 is 0 Å². The highest BCUT2D eigenvalue weighted by Crippen LogP contribution is 2.27. The van der Waals surface area contributed by atoms with Crippen molar-refractivity contribution in [2.24, 2.45) is 5.92 Å². The number of carbonyl (C=O) groups is 2. The first kappa shape index (κ1) is 25.0. The molecule has 0 saturated carbocycles. The van der Waals surface area contributed by atoms with Gasteiger partial charge in [-0.25, -0.2) is 4.79 Å². The number of esters is 1. The minimum atomic E-state index is -0.940. The molecule has 0 heterocycles. The summed E-state index contributed by atoms with van der Waals surface area (Å²) in [5.74, 6) is 0.0606. The molecular weight excluding hydrogens is 370 g/mol. The standard InChI is InChI=1S/C23H37NO5/c1-7-10-14-28-20-12-11-18(15-19(20)21(25)27-9-3)24-22(26)23(6,16-17(4)5)29-13-8-2/h11-12,15,17H,7-10,13-14,16H2,1-6H3,(H,24,26). The number of anilines is 1. The molecule has 0 fully saturated rings. The third-order valence-corrected chi connectivity index (χ3v) is 4.39. The first-order valence-electron chi connectivity index (χ1n) is 10.7. The zero-order valence-corrected chi connectivity index (χ0v) is 18.8. The predicted octanol–water partition coefficient (Wildman–Crippen LogP) is 5.21. The summed E-state index contributed by atoms with van der Waals surface area (Å²) in [6.07, 6.45) is 3.32. The second kappa shape index (κ2) is 12.5. The van der Waals surface area contributed by atoms with E-state index in [2.05, 4.69) is 26.1 Å². The number of amides is 1. The summed E-state index contributed by atoms with van der Waals surface area (Å²) in [5, 5.41) is 2.90. The lowest BCUT2D eigenvalue weighted by atomic mass is 9.93. The van der Waals surface area contributed by atoms with E-state index in [9.17, 15) is 9.59 Å². The third-order valence-electron chi connectivity index (χ3n) is 4.39. The van der Waals surface area contributed by atoms with Gasteiger partial charge in [-0.2, -0.15) is 0 Å². The summed E-state index contributed by atoms with van der Waals surface area (Å²) in [7, 11) is 0. The van der Waals surface area contributed by atoms with Gasteiger partial charge in [0.25, 0.3) is 5.91 Å². The number of benzene rings is 1. The van der Waals surface area contributed by atoms with Gasteiger partial charge in [0, 0.05) is 12.3 Å². The molecule has 1 aromatic rings. The van der Waals surface area contributed by atoms with Crippen LogP contribution in [0.3, 0.4) is 0 Å². The van der Waals surface area contributed by atoms with Gasteiger partial charge in [0.05, 0.1) is 13.2 Å². The van der Waals surface area contributed by atoms with Crippen LogP contribution in [0.25, 0.3) is 0 Å². The van der Waals surface area contributed by atoms with E-state index in [-0.39, 0.29) is 12.5 Å². The number of nitrogens with one attached hydrogen (secondary N) is 1. The van der Waals surface area contributed by atoms with E-state index in [1.54, 1.807) is 25.1 Å². The third kappa shape index (κ3) is 8.05. The van der Waals surface area contributed by atoms with Crippen molar-refractivity contribution in [1.29, 1.82) is 0 Å². The van der Waals surface area contributed by atoms with Gasteiger partial charge >= 0.3 is 5.97 Å². The number of ether oxygens (including phenoxy) is 3. The first-order valence-corrected chi connectivity index (χ1v) is 10.7. The Bertz CT molecular complexity index is 659. The lowest BCUT2D eigenvalue weighted by Gasteiger charge is -2.30. The highest BCUT2D eigenvalue weighted by Gasteiger charge is 2.35. The van der Waals surface area contributed by atoms with Crippen LogP contribution in [0.1, 0.15) is 77.6 Å². The van der Waals surface area contributed by atoms with E-state index < -0.39 is 11.6 Å². The monoisotopic (exact) mass is 407 g/mol. The maximum atomic E-state index is 13.0. The van der Waals surface area contributed by atoms with Gasteiger partial charge in [0.2, 0.25) is 0 Å². The summed E-state index contributed by atoms with van der Waals surface area (Å²) in [6, 6.07) is 5.04. The average molecular weight is 408 g/mol. The lowest BCUT2D eigenvalue weighted by Crippen LogP contribution is -2.44. The highest BCUT2D eigenvalue weighted by molar-refractivity contribution is 5.99. The Morgan fingerprint density at radius 1 is 1.10 bits per heavy atom. The van der Waals surface area contributed by atoms with Crippen LogP contribution in [-0.4, -0.2) is 37.3 Å². The Balaban J connectivity index is 3.07. The molecule has 0 radical (unpaired) electrons. The fourth-order valence-electron chi connectivity index (χ4n) is 3.02. The molecule has 1 rings (SSSR count). The van der Waals surface area contributed by atoms with Gasteiger partial charge in [-0.05, 0) is 57.2 Å². The van der Waals surface area contributed by atoms with Crippen molar-refractivity contribution in [2.75, 3.05) is 25.1 Å². The fourth-order valence-corrected chi connectivity index (χ4v) is 3.02. The van der Waals surface area contributed by atoms with Crippen LogP contribution in [0, 0.1) is 5.92 Å². The van der Waals surface area contributed by atoms with Gasteiger partial charge in [0.1, 0.15) is 16.9 Å². The summed E-state index contributed by atoms with van der Waals surface area (Å²) in [6.45, 7) is 13.1. The Morgan fingerprint density at radius 3 is 2.41 bits per heavy atom. The molecule has 0 aliphatic carbocycles. The average Bonchev–Trinajstić information content (AvgIpc) is 2.67. The fraction of sp³-hybridized carbons (Fsp3) is 0.652. The van der Waals surface area contributed by atoms with E-state index in [1.165, 1.54) is 0 Å². The normalized spacial score (nSPS) is 13.1. The summed E-state index contributed by atoms with van der Waals surface area (Å²) in [5.41, 5.74) is -0.123. The minimum absolute atomic E-state index is 0.228. The van der Waals surface area contributed by atoms with Crippen molar-refractivity contribution < 1.29 is 23.8 Å². The minimum Gasteiger partial charge on any atom is -0.493 e. The lowest BCUT2D eigenvalue weighted by molar-refractivity contribution is -0.141. The van der Waals surface area contributed by atoms with Gasteiger partial charge in [-0.1, -0.05) is 34.1 Å². The van der Waals surface area contributed by atoms with Crippen molar-refractivity contribution in [3.8, 4) is 5.75 Å². The number of hydrogen-bond donors (Lipinski definition) is 1. The van der Waals surface area contributed by atoms with Crippen LogP contribution in [-0.2, 0) is 14.3 Å². The topological polar surface area (TPSA) is 73.9 Å². The van der Waals surface area contributed by atoms with Gasteiger partial charge in [-0.3, -0.25) is 4.79 Å². The smallest absolute Gasteiger partial charge is 0.341 e. The van der Waals surface area contributed by atoms with Gasteiger partial charge in [-0.15, -0.1) is 0 Å². The van der Waals surface area contributed by atoms with E-state index in [0.717, 1.165) is 19.3 Å². The Hall–Kier alpha value is -2.08. The molecule has 0 spiro atoms. The van der Waals surface area contributed by atoms with Crippen LogP contribution < -0.4 is 10.1 Å². The van der Waals surface area contributed by atoms with Crippen molar-refractivity contribution in [2.45, 2.75) is 72.8 Å². The van der Waals surface area contributed by atoms with E-state index in [0.29, 0.717) is 42.6 Å². The molecule has 29 heavy (non-hydrogen) atoms. The summed E-state index contributed by atoms with van der Waals surface area (Å²) >= 11 is 0. The number of carbonyl (C=O) groups excluding carboxylic acids is 2. The molecule has 1 amide bonds. The van der Waals surface area contributed by atoms with Crippen LogP contribution in [0.5, 0.6) is 5.75 Å².